The number of ether oxygens (including phenoxy) is 2. The Morgan fingerprint density at radius 1 is 0.800 bits per heavy atom. The molecule has 2 aliphatic heterocycles. The van der Waals surface area contributed by atoms with Crippen molar-refractivity contribution in [2.75, 3.05) is 14.2 Å². The van der Waals surface area contributed by atoms with Crippen molar-refractivity contribution in [2.24, 2.45) is 22.6 Å². The first kappa shape index (κ1) is 25.0. The first-order valence-corrected chi connectivity index (χ1v) is 10.1. The van der Waals surface area contributed by atoms with Crippen molar-refractivity contribution >= 4 is 29.8 Å². The number of carbonyl (C=O) groups excluding carboxylic acids is 5. The highest BCUT2D eigenvalue weighted by Gasteiger charge is 2.77. The van der Waals surface area contributed by atoms with Gasteiger partial charge >= 0.3 is 24.0 Å². The molecular formula is C21H25N7O7. The smallest absolute Gasteiger partial charge is 0.337 e. The molecule has 0 atom stereocenters. The lowest BCUT2D eigenvalue weighted by Crippen LogP contribution is -2.76. The molecule has 0 radical (unpaired) electrons. The number of nitrogens with zero attached hydrogens (tertiary/aromatic N) is 2. The van der Waals surface area contributed by atoms with Gasteiger partial charge in [0.25, 0.3) is 0 Å². The SMILES string of the molecule is COC(=O)C1=C(C)N(NC(N)=O)C2(N)N(NC(N)=O)C(C)=C(C(=O)OC)C12C(=O)c1ccccc1. The summed E-state index contributed by atoms with van der Waals surface area (Å²) in [6.07, 6.45) is 0. The van der Waals surface area contributed by atoms with Crippen LogP contribution in [0.1, 0.15) is 24.2 Å². The van der Waals surface area contributed by atoms with Crippen molar-refractivity contribution in [3.63, 3.8) is 0 Å². The number of methoxy groups -OCH3 is 2. The third-order valence-corrected chi connectivity index (χ3v) is 5.98. The number of fused-ring (bicyclic) bond motifs is 1. The molecule has 2 heterocycles. The van der Waals surface area contributed by atoms with Crippen LogP contribution >= 0.6 is 0 Å². The summed E-state index contributed by atoms with van der Waals surface area (Å²) in [6.45, 7) is 2.70. The van der Waals surface area contributed by atoms with Crippen LogP contribution in [-0.2, 0) is 19.1 Å². The van der Waals surface area contributed by atoms with Gasteiger partial charge in [-0.05, 0) is 13.8 Å². The monoisotopic (exact) mass is 487 g/mol. The van der Waals surface area contributed by atoms with Gasteiger partial charge < -0.3 is 20.9 Å². The second kappa shape index (κ2) is 8.64. The lowest BCUT2D eigenvalue weighted by atomic mass is 9.66. The number of amides is 4. The molecule has 4 amide bonds. The van der Waals surface area contributed by atoms with E-state index >= 15 is 0 Å². The van der Waals surface area contributed by atoms with Crippen LogP contribution in [0.3, 0.4) is 0 Å². The van der Waals surface area contributed by atoms with Gasteiger partial charge in [0.15, 0.2) is 11.2 Å². The number of primary amides is 2. The van der Waals surface area contributed by atoms with E-state index in [1.165, 1.54) is 26.0 Å². The summed E-state index contributed by atoms with van der Waals surface area (Å²) >= 11 is 0. The van der Waals surface area contributed by atoms with Gasteiger partial charge in [0, 0.05) is 17.0 Å². The summed E-state index contributed by atoms with van der Waals surface area (Å²) in [4.78, 5) is 64.7. The fraction of sp³-hybridized carbons (Fsp3) is 0.286. The fourth-order valence-electron chi connectivity index (χ4n) is 4.77. The van der Waals surface area contributed by atoms with Gasteiger partial charge in [-0.15, -0.1) is 0 Å². The van der Waals surface area contributed by atoms with Crippen LogP contribution in [0.5, 0.6) is 0 Å². The molecule has 0 fully saturated rings. The first-order chi connectivity index (χ1) is 16.4. The van der Waals surface area contributed by atoms with E-state index in [0.29, 0.717) is 0 Å². The summed E-state index contributed by atoms with van der Waals surface area (Å²) in [7, 11) is 2.13. The maximum absolute atomic E-state index is 14.4. The van der Waals surface area contributed by atoms with Gasteiger partial charge in [-0.2, -0.15) is 0 Å². The van der Waals surface area contributed by atoms with Gasteiger partial charge in [-0.25, -0.2) is 40.0 Å². The molecular weight excluding hydrogens is 462 g/mol. The number of hydrogen-bond acceptors (Lipinski definition) is 10. The third kappa shape index (κ3) is 3.25. The van der Waals surface area contributed by atoms with Crippen LogP contribution in [0.2, 0.25) is 0 Å². The highest BCUT2D eigenvalue weighted by atomic mass is 16.5. The molecule has 2 aliphatic rings. The van der Waals surface area contributed by atoms with Crippen molar-refractivity contribution in [3.8, 4) is 0 Å². The zero-order valence-corrected chi connectivity index (χ0v) is 19.4. The average molecular weight is 487 g/mol. The Labute approximate surface area is 199 Å². The molecule has 3 rings (SSSR count). The van der Waals surface area contributed by atoms with E-state index in [0.717, 1.165) is 24.2 Å². The standard InChI is InChI=1S/C21H25N7O7/c1-10-13(16(30)34-3)20(15(29)12-8-6-5-7-9-12)14(17(31)35-4)11(2)28(26-19(23)33)21(20,24)27(10)25-18(22)32/h5-9H,24H2,1-4H3,(H3,22,25,32)(H3,23,26,33). The molecule has 0 aliphatic carbocycles. The highest BCUT2D eigenvalue weighted by Crippen LogP contribution is 2.61. The number of hydrogen-bond donors (Lipinski definition) is 5. The average Bonchev–Trinajstić information content (AvgIpc) is 3.12. The predicted octanol–water partition coefficient (Wildman–Crippen LogP) is -0.840. The number of benzene rings is 1. The Balaban J connectivity index is 2.56. The highest BCUT2D eigenvalue weighted by molar-refractivity contribution is 6.18. The number of esters is 2. The molecule has 1 aromatic rings. The summed E-state index contributed by atoms with van der Waals surface area (Å²) in [5.74, 6) is -5.29. The number of nitrogens with one attached hydrogen (secondary N) is 2. The minimum absolute atomic E-state index is 0.0487. The number of Topliss-reactive ketones (excluding diaryl/α,β-unsaturated/α-hetero) is 1. The van der Waals surface area contributed by atoms with E-state index in [-0.39, 0.29) is 17.0 Å². The second-order valence-electron chi connectivity index (χ2n) is 7.70. The van der Waals surface area contributed by atoms with E-state index < -0.39 is 52.1 Å². The number of nitrogens with two attached hydrogens (primary N) is 3. The van der Waals surface area contributed by atoms with Gasteiger partial charge in [-0.3, -0.25) is 10.5 Å². The second-order valence-corrected chi connectivity index (χ2v) is 7.70. The Bertz CT molecular complexity index is 1130. The topological polar surface area (TPSA) is 212 Å². The van der Waals surface area contributed by atoms with Crippen molar-refractivity contribution in [1.82, 2.24) is 20.9 Å². The molecule has 0 saturated heterocycles. The Morgan fingerprint density at radius 2 is 1.20 bits per heavy atom. The van der Waals surface area contributed by atoms with Gasteiger partial charge in [0.2, 0.25) is 5.79 Å². The minimum Gasteiger partial charge on any atom is -0.466 e. The minimum atomic E-state index is -2.40. The van der Waals surface area contributed by atoms with Crippen molar-refractivity contribution < 1.29 is 33.4 Å². The molecule has 35 heavy (non-hydrogen) atoms. The van der Waals surface area contributed by atoms with Crippen LogP contribution in [0, 0.1) is 5.41 Å². The van der Waals surface area contributed by atoms with Crippen LogP contribution < -0.4 is 28.1 Å². The van der Waals surface area contributed by atoms with Crippen molar-refractivity contribution in [3.05, 3.63) is 58.4 Å². The van der Waals surface area contributed by atoms with Crippen molar-refractivity contribution in [1.29, 1.82) is 0 Å². The summed E-state index contributed by atoms with van der Waals surface area (Å²) in [6, 6.07) is 5.43. The number of ketones is 1. The molecule has 186 valence electrons. The first-order valence-electron chi connectivity index (χ1n) is 10.1. The zero-order chi connectivity index (χ0) is 26.3. The fourth-order valence-corrected chi connectivity index (χ4v) is 4.77. The van der Waals surface area contributed by atoms with Gasteiger partial charge in [-0.1, -0.05) is 30.3 Å². The van der Waals surface area contributed by atoms with Crippen LogP contribution in [-0.4, -0.2) is 59.8 Å². The van der Waals surface area contributed by atoms with Crippen LogP contribution in [0.15, 0.2) is 52.9 Å². The number of rotatable bonds is 6. The number of hydrazine groups is 2. The van der Waals surface area contributed by atoms with Crippen LogP contribution in [0.25, 0.3) is 0 Å². The predicted molar refractivity (Wildman–Crippen MR) is 119 cm³/mol. The quantitative estimate of drug-likeness (QED) is 0.248. The maximum atomic E-state index is 14.4. The molecule has 14 heteroatoms. The molecule has 0 saturated carbocycles. The molecule has 8 N–H and O–H groups in total. The number of carbonyl (C=O) groups is 5. The Hall–Kier alpha value is -4.59. The summed E-state index contributed by atoms with van der Waals surface area (Å²) in [5, 5.41) is 1.80. The summed E-state index contributed by atoms with van der Waals surface area (Å²) < 4.78 is 9.91. The van der Waals surface area contributed by atoms with Gasteiger partial charge in [0.05, 0.1) is 25.4 Å². The normalized spacial score (nSPS) is 23.1. The lowest BCUT2D eigenvalue weighted by Gasteiger charge is -2.48. The maximum Gasteiger partial charge on any atom is 0.337 e. The molecule has 0 spiro atoms. The third-order valence-electron chi connectivity index (χ3n) is 5.98. The molecule has 0 aromatic heterocycles. The Kier molecular flexibility index (Phi) is 6.18. The summed E-state index contributed by atoms with van der Waals surface area (Å²) in [5.41, 5.74) is 18.8. The lowest BCUT2D eigenvalue weighted by molar-refractivity contribution is -0.139. The molecule has 0 bridgehead atoms. The number of allylic oxidation sites excluding steroid dienone is 2. The number of urea groups is 2. The van der Waals surface area contributed by atoms with Gasteiger partial charge in [0.1, 0.15) is 0 Å². The van der Waals surface area contributed by atoms with Crippen molar-refractivity contribution in [2.45, 2.75) is 19.6 Å². The molecule has 1 aromatic carbocycles. The zero-order valence-electron chi connectivity index (χ0n) is 19.4. The van der Waals surface area contributed by atoms with Crippen LogP contribution in [0.4, 0.5) is 9.59 Å². The van der Waals surface area contributed by atoms with E-state index in [1.807, 2.05) is 0 Å². The molecule has 14 nitrogen and oxygen atoms in total. The molecule has 0 unspecified atom stereocenters. The van der Waals surface area contributed by atoms with E-state index in [2.05, 4.69) is 10.9 Å². The van der Waals surface area contributed by atoms with E-state index in [4.69, 9.17) is 26.7 Å². The van der Waals surface area contributed by atoms with E-state index in [9.17, 15) is 24.0 Å². The largest absolute Gasteiger partial charge is 0.466 e. The van der Waals surface area contributed by atoms with E-state index in [1.54, 1.807) is 18.2 Å². The Morgan fingerprint density at radius 3 is 1.54 bits per heavy atom.